The molecule has 0 bridgehead atoms. The van der Waals surface area contributed by atoms with Crippen molar-refractivity contribution in [3.8, 4) is 22.6 Å². The maximum atomic E-state index is 4.91. The van der Waals surface area contributed by atoms with Gasteiger partial charge in [-0.2, -0.15) is 0 Å². The van der Waals surface area contributed by atoms with Crippen LogP contribution in [0.25, 0.3) is 48.7 Å². The van der Waals surface area contributed by atoms with Gasteiger partial charge in [-0.05, 0) is 30.7 Å². The molecule has 0 amide bonds. The minimum atomic E-state index is 0.858. The number of hydrogen-bond donors (Lipinski definition) is 0. The van der Waals surface area contributed by atoms with Gasteiger partial charge in [0.15, 0.2) is 5.82 Å². The topological polar surface area (TPSA) is 43.1 Å². The van der Waals surface area contributed by atoms with Gasteiger partial charge in [0.2, 0.25) is 4.96 Å². The highest BCUT2D eigenvalue weighted by Crippen LogP contribution is 2.35. The third-order valence-electron chi connectivity index (χ3n) is 5.29. The van der Waals surface area contributed by atoms with Crippen molar-refractivity contribution in [2.24, 2.45) is 0 Å². The van der Waals surface area contributed by atoms with Crippen molar-refractivity contribution in [1.82, 2.24) is 19.6 Å². The van der Waals surface area contributed by atoms with Crippen LogP contribution < -0.4 is 0 Å². The Balaban J connectivity index is 1.73. The first-order valence-corrected chi connectivity index (χ1v) is 10.3. The Hall–Kier alpha value is -3.57. The average Bonchev–Trinajstić information content (AvgIpc) is 3.33. The third-order valence-corrected chi connectivity index (χ3v) is 6.28. The van der Waals surface area contributed by atoms with Gasteiger partial charge in [0.1, 0.15) is 0 Å². The van der Waals surface area contributed by atoms with Crippen molar-refractivity contribution < 1.29 is 0 Å². The van der Waals surface area contributed by atoms with Crippen LogP contribution in [0.1, 0.15) is 5.56 Å². The molecule has 3 aromatic heterocycles. The molecule has 3 aromatic carbocycles. The van der Waals surface area contributed by atoms with Crippen molar-refractivity contribution in [2.45, 2.75) is 6.92 Å². The van der Waals surface area contributed by atoms with Crippen molar-refractivity contribution in [3.05, 3.63) is 84.4 Å². The van der Waals surface area contributed by atoms with Crippen LogP contribution in [0.15, 0.2) is 78.9 Å². The van der Waals surface area contributed by atoms with Crippen LogP contribution in [-0.2, 0) is 0 Å². The second-order valence-electron chi connectivity index (χ2n) is 7.10. The fourth-order valence-corrected chi connectivity index (χ4v) is 4.97. The zero-order valence-electron chi connectivity index (χ0n) is 15.7. The average molecular weight is 392 g/mol. The molecule has 6 rings (SSSR count). The van der Waals surface area contributed by atoms with Crippen molar-refractivity contribution in [2.75, 3.05) is 0 Å². The summed E-state index contributed by atoms with van der Waals surface area (Å²) in [5.41, 5.74) is 6.42. The molecule has 4 nitrogen and oxygen atoms in total. The number of fused-ring (bicyclic) bond motifs is 4. The van der Waals surface area contributed by atoms with Gasteiger partial charge in [-0.15, -0.1) is 10.2 Å². The SMILES string of the molecule is Cc1cccc2sc3nnc(-c4cc(-c5ccccc5)nc5ccccc45)n3c12. The number of benzene rings is 3. The summed E-state index contributed by atoms with van der Waals surface area (Å²) in [6.07, 6.45) is 0. The summed E-state index contributed by atoms with van der Waals surface area (Å²) >= 11 is 1.67. The van der Waals surface area contributed by atoms with Gasteiger partial charge in [-0.3, -0.25) is 4.40 Å². The lowest BCUT2D eigenvalue weighted by molar-refractivity contribution is 1.12. The fourth-order valence-electron chi connectivity index (χ4n) is 3.93. The van der Waals surface area contributed by atoms with Gasteiger partial charge in [0.05, 0.1) is 21.4 Å². The lowest BCUT2D eigenvalue weighted by Crippen LogP contribution is -1.94. The van der Waals surface area contributed by atoms with Crippen LogP contribution in [0.5, 0.6) is 0 Å². The molecule has 3 heterocycles. The number of aromatic nitrogens is 4. The lowest BCUT2D eigenvalue weighted by atomic mass is 10.0. The van der Waals surface area contributed by atoms with Crippen LogP contribution in [0.2, 0.25) is 0 Å². The van der Waals surface area contributed by atoms with E-state index in [0.717, 1.165) is 38.5 Å². The Labute approximate surface area is 171 Å². The maximum Gasteiger partial charge on any atom is 0.217 e. The van der Waals surface area contributed by atoms with E-state index in [1.165, 1.54) is 15.8 Å². The van der Waals surface area contributed by atoms with Crippen LogP contribution in [-0.4, -0.2) is 19.6 Å². The van der Waals surface area contributed by atoms with Crippen LogP contribution in [0.4, 0.5) is 0 Å². The third kappa shape index (κ3) is 2.48. The zero-order chi connectivity index (χ0) is 19.4. The summed E-state index contributed by atoms with van der Waals surface area (Å²) in [7, 11) is 0. The second-order valence-corrected chi connectivity index (χ2v) is 8.11. The Bertz CT molecular complexity index is 1510. The van der Waals surface area contributed by atoms with Gasteiger partial charge < -0.3 is 0 Å². The normalized spacial score (nSPS) is 11.6. The number of aryl methyl sites for hydroxylation is 1. The number of rotatable bonds is 2. The number of thiazole rings is 1. The molecule has 0 aliphatic heterocycles. The van der Waals surface area contributed by atoms with Crippen LogP contribution in [0.3, 0.4) is 0 Å². The highest BCUT2D eigenvalue weighted by atomic mass is 32.1. The highest BCUT2D eigenvalue weighted by Gasteiger charge is 2.18. The van der Waals surface area contributed by atoms with E-state index < -0.39 is 0 Å². The summed E-state index contributed by atoms with van der Waals surface area (Å²) in [6.45, 7) is 2.14. The Morgan fingerprint density at radius 1 is 0.828 bits per heavy atom. The smallest absolute Gasteiger partial charge is 0.217 e. The largest absolute Gasteiger partial charge is 0.265 e. The predicted molar refractivity (Wildman–Crippen MR) is 119 cm³/mol. The van der Waals surface area contributed by atoms with E-state index >= 15 is 0 Å². The molecular weight excluding hydrogens is 376 g/mol. The van der Waals surface area contributed by atoms with Crippen molar-refractivity contribution >= 4 is 37.4 Å². The summed E-state index contributed by atoms with van der Waals surface area (Å²) in [6, 6.07) is 27.0. The molecule has 0 aliphatic rings. The predicted octanol–water partition coefficient (Wildman–Crippen LogP) is 6.13. The summed E-state index contributed by atoms with van der Waals surface area (Å²) in [5.74, 6) is 0.858. The lowest BCUT2D eigenvalue weighted by Gasteiger charge is -2.09. The molecule has 0 saturated heterocycles. The first-order chi connectivity index (χ1) is 14.3. The molecule has 0 fully saturated rings. The first-order valence-electron chi connectivity index (χ1n) is 9.48. The number of para-hydroxylation sites is 2. The molecule has 0 unspecified atom stereocenters. The van der Waals surface area contributed by atoms with E-state index in [4.69, 9.17) is 4.98 Å². The molecular formula is C24H16N4S. The standard InChI is InChI=1S/C24H16N4S/c1-15-8-7-13-21-22(15)28-23(26-27-24(28)29-21)18-14-20(16-9-3-2-4-10-16)25-19-12-6-5-11-17(18)19/h2-14H,1H3. The van der Waals surface area contributed by atoms with E-state index in [1.807, 2.05) is 30.3 Å². The highest BCUT2D eigenvalue weighted by molar-refractivity contribution is 7.23. The van der Waals surface area contributed by atoms with Gasteiger partial charge in [0.25, 0.3) is 0 Å². The van der Waals surface area contributed by atoms with Gasteiger partial charge >= 0.3 is 0 Å². The number of hydrogen-bond acceptors (Lipinski definition) is 4. The summed E-state index contributed by atoms with van der Waals surface area (Å²) in [4.78, 5) is 5.82. The molecule has 0 N–H and O–H groups in total. The van der Waals surface area contributed by atoms with Gasteiger partial charge in [-0.25, -0.2) is 4.98 Å². The van der Waals surface area contributed by atoms with E-state index in [9.17, 15) is 0 Å². The number of pyridine rings is 1. The van der Waals surface area contributed by atoms with Crippen molar-refractivity contribution in [1.29, 1.82) is 0 Å². The van der Waals surface area contributed by atoms with E-state index in [0.29, 0.717) is 0 Å². The van der Waals surface area contributed by atoms with E-state index in [-0.39, 0.29) is 0 Å². The second kappa shape index (κ2) is 6.22. The van der Waals surface area contributed by atoms with Crippen LogP contribution >= 0.6 is 11.3 Å². The molecule has 138 valence electrons. The van der Waals surface area contributed by atoms with E-state index in [2.05, 4.69) is 70.1 Å². The molecule has 6 aromatic rings. The molecule has 0 spiro atoms. The monoisotopic (exact) mass is 392 g/mol. The molecule has 5 heteroatoms. The number of nitrogens with zero attached hydrogens (tertiary/aromatic N) is 4. The van der Waals surface area contributed by atoms with Crippen LogP contribution in [0, 0.1) is 6.92 Å². The minimum absolute atomic E-state index is 0.858. The molecule has 0 radical (unpaired) electrons. The minimum Gasteiger partial charge on any atom is -0.265 e. The summed E-state index contributed by atoms with van der Waals surface area (Å²) < 4.78 is 3.41. The molecule has 0 atom stereocenters. The zero-order valence-corrected chi connectivity index (χ0v) is 16.5. The van der Waals surface area contributed by atoms with Gasteiger partial charge in [-0.1, -0.05) is 72.0 Å². The van der Waals surface area contributed by atoms with Crippen molar-refractivity contribution in [3.63, 3.8) is 0 Å². The Kier molecular flexibility index (Phi) is 3.52. The van der Waals surface area contributed by atoms with Gasteiger partial charge in [0, 0.05) is 16.5 Å². The first kappa shape index (κ1) is 16.4. The van der Waals surface area contributed by atoms with E-state index in [1.54, 1.807) is 11.3 Å². The fraction of sp³-hybridized carbons (Fsp3) is 0.0417. The maximum absolute atomic E-state index is 4.91. The quantitative estimate of drug-likeness (QED) is 0.356. The Morgan fingerprint density at radius 3 is 2.55 bits per heavy atom. The molecule has 0 saturated carbocycles. The Morgan fingerprint density at radius 2 is 1.66 bits per heavy atom. The molecule has 0 aliphatic carbocycles. The summed E-state index contributed by atoms with van der Waals surface area (Å²) in [5, 5.41) is 10.2. The molecule has 29 heavy (non-hydrogen) atoms.